The number of aromatic hydroxyl groups is 1. The first kappa shape index (κ1) is 11.3. The van der Waals surface area contributed by atoms with E-state index in [1.165, 1.54) is 6.33 Å². The summed E-state index contributed by atoms with van der Waals surface area (Å²) in [5.74, 6) is 1.22. The number of nitrogens with zero attached hydrogens (tertiary/aromatic N) is 3. The molecule has 4 nitrogen and oxygen atoms in total. The van der Waals surface area contributed by atoms with Crippen molar-refractivity contribution in [1.82, 2.24) is 15.0 Å². The van der Waals surface area contributed by atoms with Crippen molar-refractivity contribution in [2.24, 2.45) is 0 Å². The SMILES string of the molecule is Oc1ccccc1-c1ncnc(-c2ccccc2)n1. The Labute approximate surface area is 110 Å². The second-order valence-electron chi connectivity index (χ2n) is 4.02. The van der Waals surface area contributed by atoms with Gasteiger partial charge in [0.25, 0.3) is 0 Å². The van der Waals surface area contributed by atoms with Crippen molar-refractivity contribution in [2.75, 3.05) is 0 Å². The van der Waals surface area contributed by atoms with Gasteiger partial charge >= 0.3 is 0 Å². The van der Waals surface area contributed by atoms with Crippen LogP contribution in [-0.2, 0) is 0 Å². The van der Waals surface area contributed by atoms with E-state index in [1.807, 2.05) is 36.4 Å². The number of benzene rings is 2. The molecule has 0 spiro atoms. The number of hydrogen-bond donors (Lipinski definition) is 1. The molecule has 0 aliphatic rings. The highest BCUT2D eigenvalue weighted by Crippen LogP contribution is 2.26. The van der Waals surface area contributed by atoms with Gasteiger partial charge in [0.1, 0.15) is 12.1 Å². The van der Waals surface area contributed by atoms with Crippen molar-refractivity contribution in [3.05, 3.63) is 60.9 Å². The van der Waals surface area contributed by atoms with E-state index >= 15 is 0 Å². The highest BCUT2D eigenvalue weighted by molar-refractivity contribution is 5.65. The fraction of sp³-hybridized carbons (Fsp3) is 0. The zero-order valence-corrected chi connectivity index (χ0v) is 10.1. The molecule has 92 valence electrons. The van der Waals surface area contributed by atoms with E-state index in [-0.39, 0.29) is 5.75 Å². The Morgan fingerprint density at radius 3 is 2.21 bits per heavy atom. The molecule has 0 aliphatic carbocycles. The second kappa shape index (κ2) is 4.86. The lowest BCUT2D eigenvalue weighted by atomic mass is 10.2. The van der Waals surface area contributed by atoms with E-state index in [9.17, 15) is 5.11 Å². The Kier molecular flexibility index (Phi) is 2.90. The van der Waals surface area contributed by atoms with Gasteiger partial charge in [0.15, 0.2) is 11.6 Å². The number of rotatable bonds is 2. The Balaban J connectivity index is 2.09. The van der Waals surface area contributed by atoms with Gasteiger partial charge in [-0.05, 0) is 12.1 Å². The normalized spacial score (nSPS) is 10.3. The standard InChI is InChI=1S/C15H11N3O/c19-13-9-5-4-8-12(13)15-17-10-16-14(18-15)11-6-2-1-3-7-11/h1-10,19H. The topological polar surface area (TPSA) is 58.9 Å². The third-order valence-electron chi connectivity index (χ3n) is 2.75. The monoisotopic (exact) mass is 249 g/mol. The van der Waals surface area contributed by atoms with Crippen LogP contribution >= 0.6 is 0 Å². The Morgan fingerprint density at radius 1 is 0.737 bits per heavy atom. The average Bonchev–Trinajstić information content (AvgIpc) is 2.49. The molecule has 0 radical (unpaired) electrons. The Bertz CT molecular complexity index is 699. The predicted octanol–water partition coefficient (Wildman–Crippen LogP) is 2.91. The molecule has 1 N–H and O–H groups in total. The molecule has 1 heterocycles. The molecule has 1 aromatic heterocycles. The molecule has 3 aromatic rings. The summed E-state index contributed by atoms with van der Waals surface area (Å²) in [6.07, 6.45) is 1.46. The van der Waals surface area contributed by atoms with Gasteiger partial charge in [-0.3, -0.25) is 0 Å². The lowest BCUT2D eigenvalue weighted by Crippen LogP contribution is -1.95. The molecule has 0 fully saturated rings. The molecule has 3 rings (SSSR count). The first-order valence-corrected chi connectivity index (χ1v) is 5.87. The molecule has 19 heavy (non-hydrogen) atoms. The minimum absolute atomic E-state index is 0.160. The second-order valence-corrected chi connectivity index (χ2v) is 4.02. The van der Waals surface area contributed by atoms with E-state index < -0.39 is 0 Å². The highest BCUT2D eigenvalue weighted by Gasteiger charge is 2.08. The number of para-hydroxylation sites is 1. The lowest BCUT2D eigenvalue weighted by Gasteiger charge is -2.04. The highest BCUT2D eigenvalue weighted by atomic mass is 16.3. The minimum atomic E-state index is 0.160. The molecule has 0 unspecified atom stereocenters. The van der Waals surface area contributed by atoms with Crippen LogP contribution < -0.4 is 0 Å². The summed E-state index contributed by atoms with van der Waals surface area (Å²) in [6.45, 7) is 0. The lowest BCUT2D eigenvalue weighted by molar-refractivity contribution is 0.477. The third kappa shape index (κ3) is 2.28. The number of phenols is 1. The molecule has 0 saturated carbocycles. The van der Waals surface area contributed by atoms with Gasteiger partial charge < -0.3 is 5.11 Å². The molecule has 0 bridgehead atoms. The molecule has 0 saturated heterocycles. The maximum absolute atomic E-state index is 9.82. The molecule has 0 amide bonds. The fourth-order valence-corrected chi connectivity index (χ4v) is 1.82. The molecule has 2 aromatic carbocycles. The first-order chi connectivity index (χ1) is 9.34. The summed E-state index contributed by atoms with van der Waals surface area (Å²) in [5, 5.41) is 9.82. The van der Waals surface area contributed by atoms with Crippen molar-refractivity contribution in [3.8, 4) is 28.5 Å². The number of aromatic nitrogens is 3. The van der Waals surface area contributed by atoms with Crippen LogP contribution in [0.4, 0.5) is 0 Å². The quantitative estimate of drug-likeness (QED) is 0.758. The summed E-state index contributed by atoms with van der Waals surface area (Å²) in [6, 6.07) is 16.7. The van der Waals surface area contributed by atoms with Gasteiger partial charge in [-0.2, -0.15) is 0 Å². The van der Waals surface area contributed by atoms with E-state index in [2.05, 4.69) is 15.0 Å². The Morgan fingerprint density at radius 2 is 1.42 bits per heavy atom. The summed E-state index contributed by atoms with van der Waals surface area (Å²) in [7, 11) is 0. The third-order valence-corrected chi connectivity index (χ3v) is 2.75. The van der Waals surface area contributed by atoms with Crippen LogP contribution in [0.25, 0.3) is 22.8 Å². The molecular formula is C15H11N3O. The van der Waals surface area contributed by atoms with Gasteiger partial charge in [0.05, 0.1) is 5.56 Å². The van der Waals surface area contributed by atoms with E-state index in [4.69, 9.17) is 0 Å². The van der Waals surface area contributed by atoms with Crippen LogP contribution in [0.2, 0.25) is 0 Å². The number of hydrogen-bond acceptors (Lipinski definition) is 4. The fourth-order valence-electron chi connectivity index (χ4n) is 1.82. The first-order valence-electron chi connectivity index (χ1n) is 5.87. The van der Waals surface area contributed by atoms with Gasteiger partial charge in [-0.1, -0.05) is 42.5 Å². The van der Waals surface area contributed by atoms with Crippen molar-refractivity contribution < 1.29 is 5.11 Å². The van der Waals surface area contributed by atoms with Crippen LogP contribution in [0.15, 0.2) is 60.9 Å². The number of phenolic OH excluding ortho intramolecular Hbond substituents is 1. The summed E-state index contributed by atoms with van der Waals surface area (Å²) < 4.78 is 0. The van der Waals surface area contributed by atoms with Crippen molar-refractivity contribution >= 4 is 0 Å². The van der Waals surface area contributed by atoms with Crippen LogP contribution in [-0.4, -0.2) is 20.1 Å². The zero-order valence-electron chi connectivity index (χ0n) is 10.1. The van der Waals surface area contributed by atoms with E-state index in [0.29, 0.717) is 17.2 Å². The van der Waals surface area contributed by atoms with Crippen LogP contribution in [0.1, 0.15) is 0 Å². The van der Waals surface area contributed by atoms with Gasteiger partial charge in [-0.15, -0.1) is 0 Å². The van der Waals surface area contributed by atoms with Gasteiger partial charge in [0, 0.05) is 5.56 Å². The molecule has 0 atom stereocenters. The average molecular weight is 249 g/mol. The maximum atomic E-state index is 9.82. The predicted molar refractivity (Wildman–Crippen MR) is 72.4 cm³/mol. The summed E-state index contributed by atoms with van der Waals surface area (Å²) in [4.78, 5) is 12.7. The van der Waals surface area contributed by atoms with Gasteiger partial charge in [-0.25, -0.2) is 15.0 Å². The largest absolute Gasteiger partial charge is 0.507 e. The molecule has 0 aliphatic heterocycles. The van der Waals surface area contributed by atoms with Gasteiger partial charge in [0.2, 0.25) is 0 Å². The molecule has 4 heteroatoms. The van der Waals surface area contributed by atoms with Crippen LogP contribution in [0.3, 0.4) is 0 Å². The minimum Gasteiger partial charge on any atom is -0.507 e. The maximum Gasteiger partial charge on any atom is 0.167 e. The Hall–Kier alpha value is -2.75. The van der Waals surface area contributed by atoms with Crippen LogP contribution in [0, 0.1) is 0 Å². The summed E-state index contributed by atoms with van der Waals surface area (Å²) in [5.41, 5.74) is 1.52. The van der Waals surface area contributed by atoms with Crippen molar-refractivity contribution in [1.29, 1.82) is 0 Å². The van der Waals surface area contributed by atoms with E-state index in [0.717, 1.165) is 5.56 Å². The zero-order chi connectivity index (χ0) is 13.1. The smallest absolute Gasteiger partial charge is 0.167 e. The van der Waals surface area contributed by atoms with Crippen molar-refractivity contribution in [2.45, 2.75) is 0 Å². The van der Waals surface area contributed by atoms with E-state index in [1.54, 1.807) is 18.2 Å². The van der Waals surface area contributed by atoms with Crippen LogP contribution in [0.5, 0.6) is 5.75 Å². The summed E-state index contributed by atoms with van der Waals surface area (Å²) >= 11 is 0. The van der Waals surface area contributed by atoms with Crippen molar-refractivity contribution in [3.63, 3.8) is 0 Å². The molecular weight excluding hydrogens is 238 g/mol.